The summed E-state index contributed by atoms with van der Waals surface area (Å²) in [6.45, 7) is 7.64. The molecule has 6 rings (SSSR count). The maximum Gasteiger partial charge on any atom is 0.258 e. The first kappa shape index (κ1) is 33.0. The number of likely N-dealkylation sites (tertiary alicyclic amines) is 1. The highest BCUT2D eigenvalue weighted by molar-refractivity contribution is 7.89. The smallest absolute Gasteiger partial charge is 0.258 e. The van der Waals surface area contributed by atoms with Crippen LogP contribution >= 0.6 is 0 Å². The predicted octanol–water partition coefficient (Wildman–Crippen LogP) is 3.21. The molecular formula is C32H40F2N8O4S. The van der Waals surface area contributed by atoms with Crippen LogP contribution in [0.3, 0.4) is 0 Å². The number of carbonyl (C=O) groups excluding carboxylic acids is 2. The van der Waals surface area contributed by atoms with E-state index in [0.717, 1.165) is 67.7 Å². The molecule has 0 spiro atoms. The van der Waals surface area contributed by atoms with E-state index in [9.17, 15) is 26.8 Å². The van der Waals surface area contributed by atoms with Gasteiger partial charge in [-0.2, -0.15) is 9.40 Å². The van der Waals surface area contributed by atoms with Crippen molar-refractivity contribution in [2.45, 2.75) is 49.6 Å². The lowest BCUT2D eigenvalue weighted by molar-refractivity contribution is -0.119. The topological polar surface area (TPSA) is 134 Å². The van der Waals surface area contributed by atoms with Crippen molar-refractivity contribution in [2.24, 2.45) is 0 Å². The van der Waals surface area contributed by atoms with Crippen LogP contribution in [-0.2, 0) is 26.8 Å². The standard InChI is InChI=1S/C32H40F2N8O4S/c1-32(2)19-42(47(45,46)23-15-20(33)14-21(34)16-23)18-25-28(32)37-38-29(25)36-30(43)24-8-7-22(41-12-10-39(3)11-13-41)17-26(24)35-31(44)27-6-5-9-40(27)4/h7-8,14-17,27H,5-6,9-13,18-19H2,1-4H3,(H,35,44)(H2,36,37,38,43)/t27-/m1/s1. The molecule has 0 aliphatic carbocycles. The van der Waals surface area contributed by atoms with E-state index in [4.69, 9.17) is 0 Å². The fourth-order valence-electron chi connectivity index (χ4n) is 6.66. The van der Waals surface area contributed by atoms with Crippen molar-refractivity contribution in [3.05, 3.63) is 64.9 Å². The summed E-state index contributed by atoms with van der Waals surface area (Å²) in [6.07, 6.45) is 1.63. The molecule has 3 aliphatic rings. The molecule has 0 saturated carbocycles. The van der Waals surface area contributed by atoms with Crippen LogP contribution < -0.4 is 15.5 Å². The highest BCUT2D eigenvalue weighted by Gasteiger charge is 2.41. The number of anilines is 3. The zero-order valence-electron chi connectivity index (χ0n) is 26.9. The van der Waals surface area contributed by atoms with Gasteiger partial charge in [-0.1, -0.05) is 13.8 Å². The number of carbonyl (C=O) groups is 2. The molecule has 47 heavy (non-hydrogen) atoms. The molecule has 3 aliphatic heterocycles. The molecule has 4 heterocycles. The lowest BCUT2D eigenvalue weighted by atomic mass is 9.84. The number of rotatable bonds is 7. The summed E-state index contributed by atoms with van der Waals surface area (Å²) in [5.74, 6) is -2.61. The van der Waals surface area contributed by atoms with E-state index < -0.39 is 37.9 Å². The largest absolute Gasteiger partial charge is 0.369 e. The molecule has 0 radical (unpaired) electrons. The van der Waals surface area contributed by atoms with Crippen molar-refractivity contribution in [3.63, 3.8) is 0 Å². The van der Waals surface area contributed by atoms with Gasteiger partial charge in [0.2, 0.25) is 15.9 Å². The molecule has 3 N–H and O–H groups in total. The van der Waals surface area contributed by atoms with Gasteiger partial charge < -0.3 is 20.4 Å². The molecule has 0 unspecified atom stereocenters. The van der Waals surface area contributed by atoms with E-state index in [1.807, 2.05) is 37.9 Å². The molecule has 2 aromatic carbocycles. The van der Waals surface area contributed by atoms with Gasteiger partial charge in [0.05, 0.1) is 22.2 Å². The molecule has 2 saturated heterocycles. The molecule has 252 valence electrons. The van der Waals surface area contributed by atoms with Gasteiger partial charge in [-0.05, 0) is 63.8 Å². The minimum absolute atomic E-state index is 0.00952. The quantitative estimate of drug-likeness (QED) is 0.349. The molecule has 1 aromatic heterocycles. The van der Waals surface area contributed by atoms with E-state index in [0.29, 0.717) is 23.0 Å². The highest BCUT2D eigenvalue weighted by Crippen LogP contribution is 2.38. The van der Waals surface area contributed by atoms with E-state index in [1.165, 1.54) is 0 Å². The van der Waals surface area contributed by atoms with Crippen LogP contribution in [0.4, 0.5) is 26.0 Å². The predicted molar refractivity (Wildman–Crippen MR) is 174 cm³/mol. The Hall–Kier alpha value is -3.92. The lowest BCUT2D eigenvalue weighted by Gasteiger charge is -2.36. The van der Waals surface area contributed by atoms with Gasteiger partial charge in [0.15, 0.2) is 5.82 Å². The monoisotopic (exact) mass is 670 g/mol. The molecule has 0 bridgehead atoms. The Morgan fingerprint density at radius 3 is 2.34 bits per heavy atom. The number of amides is 2. The Morgan fingerprint density at radius 1 is 0.979 bits per heavy atom. The fourth-order valence-corrected chi connectivity index (χ4v) is 8.27. The number of hydrogen-bond acceptors (Lipinski definition) is 8. The average molecular weight is 671 g/mol. The number of sulfonamides is 1. The third kappa shape index (κ3) is 6.62. The first-order valence-corrected chi connectivity index (χ1v) is 17.1. The lowest BCUT2D eigenvalue weighted by Crippen LogP contribution is -2.45. The van der Waals surface area contributed by atoms with E-state index >= 15 is 0 Å². The van der Waals surface area contributed by atoms with E-state index in [1.54, 1.807) is 6.07 Å². The van der Waals surface area contributed by atoms with Crippen LogP contribution in [0.1, 0.15) is 48.3 Å². The number of aromatic amines is 1. The van der Waals surface area contributed by atoms with E-state index in [-0.39, 0.29) is 36.4 Å². The van der Waals surface area contributed by atoms with Crippen LogP contribution in [-0.4, -0.2) is 104 Å². The number of halogens is 2. The number of nitrogens with zero attached hydrogens (tertiary/aromatic N) is 5. The third-order valence-corrected chi connectivity index (χ3v) is 11.1. The first-order valence-electron chi connectivity index (χ1n) is 15.7. The maximum atomic E-state index is 14.0. The Labute approximate surface area is 273 Å². The molecule has 3 aromatic rings. The number of nitrogens with one attached hydrogen (secondary N) is 3. The highest BCUT2D eigenvalue weighted by atomic mass is 32.2. The van der Waals surface area contributed by atoms with Crippen molar-refractivity contribution in [1.82, 2.24) is 24.3 Å². The number of fused-ring (bicyclic) bond motifs is 1. The second-order valence-electron chi connectivity index (χ2n) is 13.3. The molecule has 15 heteroatoms. The van der Waals surface area contributed by atoms with Gasteiger partial charge in [-0.15, -0.1) is 0 Å². The average Bonchev–Trinajstić information content (AvgIpc) is 3.63. The molecular weight excluding hydrogens is 630 g/mol. The Bertz CT molecular complexity index is 1790. The van der Waals surface area contributed by atoms with Gasteiger partial charge in [-0.25, -0.2) is 17.2 Å². The zero-order valence-corrected chi connectivity index (χ0v) is 27.8. The first-order chi connectivity index (χ1) is 22.2. The Balaban J connectivity index is 1.29. The van der Waals surface area contributed by atoms with Crippen LogP contribution in [0.2, 0.25) is 0 Å². The number of H-pyrrole nitrogens is 1. The summed E-state index contributed by atoms with van der Waals surface area (Å²) < 4.78 is 56.2. The van der Waals surface area contributed by atoms with Crippen LogP contribution in [0.25, 0.3) is 0 Å². The summed E-state index contributed by atoms with van der Waals surface area (Å²) in [7, 11) is -0.335. The maximum absolute atomic E-state index is 14.0. The Kier molecular flexibility index (Phi) is 8.84. The molecule has 1 atom stereocenters. The number of hydrogen-bond donors (Lipinski definition) is 3. The summed E-state index contributed by atoms with van der Waals surface area (Å²) in [5.41, 5.74) is 1.77. The molecule has 2 fully saturated rings. The summed E-state index contributed by atoms with van der Waals surface area (Å²) in [6, 6.07) is 7.22. The summed E-state index contributed by atoms with van der Waals surface area (Å²) in [4.78, 5) is 33.2. The fraction of sp³-hybridized carbons (Fsp3) is 0.469. The normalized spacial score (nSPS) is 20.6. The van der Waals surface area contributed by atoms with Crippen LogP contribution in [0.15, 0.2) is 41.3 Å². The number of piperazine rings is 1. The minimum Gasteiger partial charge on any atom is -0.369 e. The van der Waals surface area contributed by atoms with Gasteiger partial charge in [0, 0.05) is 67.7 Å². The van der Waals surface area contributed by atoms with Crippen LogP contribution in [0.5, 0.6) is 0 Å². The van der Waals surface area contributed by atoms with Gasteiger partial charge in [0.25, 0.3) is 5.91 Å². The summed E-state index contributed by atoms with van der Waals surface area (Å²) in [5, 5.41) is 13.1. The third-order valence-electron chi connectivity index (χ3n) is 9.35. The van der Waals surface area contributed by atoms with Crippen molar-refractivity contribution < 1.29 is 26.8 Å². The second kappa shape index (κ2) is 12.6. The molecule has 12 nitrogen and oxygen atoms in total. The SMILES string of the molecule is CN1CCN(c2ccc(C(=O)Nc3n[nH]c4c3CN(S(=O)(=O)c3cc(F)cc(F)c3)CC4(C)C)c(NC(=O)[C@H]3CCCN3C)c2)CC1. The Morgan fingerprint density at radius 2 is 1.68 bits per heavy atom. The summed E-state index contributed by atoms with van der Waals surface area (Å²) >= 11 is 0. The van der Waals surface area contributed by atoms with Crippen molar-refractivity contribution in [2.75, 3.05) is 68.9 Å². The zero-order chi connectivity index (χ0) is 33.7. The van der Waals surface area contributed by atoms with Crippen LogP contribution in [0, 0.1) is 11.6 Å². The number of benzene rings is 2. The van der Waals surface area contributed by atoms with Gasteiger partial charge in [-0.3, -0.25) is 19.6 Å². The van der Waals surface area contributed by atoms with Crippen molar-refractivity contribution in [1.29, 1.82) is 0 Å². The number of aromatic nitrogens is 2. The molecule has 2 amide bonds. The van der Waals surface area contributed by atoms with Crippen molar-refractivity contribution in [3.8, 4) is 0 Å². The minimum atomic E-state index is -4.31. The van der Waals surface area contributed by atoms with E-state index in [2.05, 4.69) is 37.7 Å². The second-order valence-corrected chi connectivity index (χ2v) is 15.2. The van der Waals surface area contributed by atoms with Crippen molar-refractivity contribution >= 4 is 39.0 Å². The van der Waals surface area contributed by atoms with Gasteiger partial charge >= 0.3 is 0 Å². The number of likely N-dealkylation sites (N-methyl/N-ethyl adjacent to an activating group) is 2. The van der Waals surface area contributed by atoms with Gasteiger partial charge in [0.1, 0.15) is 11.6 Å².